The minimum atomic E-state index is -0.425. The topological polar surface area (TPSA) is 55.4 Å². The Bertz CT molecular complexity index is 556. The van der Waals surface area contributed by atoms with Crippen LogP contribution in [0.15, 0.2) is 16.6 Å². The summed E-state index contributed by atoms with van der Waals surface area (Å²) in [5.74, 6) is -0.294. The Morgan fingerprint density at radius 3 is 2.57 bits per heavy atom. The lowest BCUT2D eigenvalue weighted by molar-refractivity contribution is -0.120. The number of nitrogens with one attached hydrogen (secondary N) is 1. The Morgan fingerprint density at radius 2 is 1.95 bits per heavy atom. The Balaban J connectivity index is 2.18. The van der Waals surface area contributed by atoms with Crippen molar-refractivity contribution in [3.63, 3.8) is 0 Å². The summed E-state index contributed by atoms with van der Waals surface area (Å²) in [6.45, 7) is 0. The van der Waals surface area contributed by atoms with Gasteiger partial charge in [-0.2, -0.15) is 0 Å². The molecule has 1 aliphatic rings. The quantitative estimate of drug-likeness (QED) is 0.533. The number of benzene rings is 1. The van der Waals surface area contributed by atoms with Gasteiger partial charge in [-0.3, -0.25) is 4.79 Å². The largest absolute Gasteiger partial charge is 0.465 e. The number of carbonyl (C=O) groups excluding carboxylic acids is 2. The van der Waals surface area contributed by atoms with E-state index in [1.807, 2.05) is 6.07 Å². The van der Waals surface area contributed by atoms with Crippen LogP contribution in [0.1, 0.15) is 42.5 Å². The highest BCUT2D eigenvalue weighted by atomic mass is 127. The second kappa shape index (κ2) is 7.58. The normalized spacial score (nSPS) is 15.6. The van der Waals surface area contributed by atoms with Gasteiger partial charge < -0.3 is 10.1 Å². The molecule has 0 atom stereocenters. The van der Waals surface area contributed by atoms with Gasteiger partial charge in [0.25, 0.3) is 0 Å². The molecular weight excluding hydrogens is 449 g/mol. The van der Waals surface area contributed by atoms with Crippen LogP contribution in [-0.4, -0.2) is 19.0 Å². The molecule has 4 nitrogen and oxygen atoms in total. The van der Waals surface area contributed by atoms with Gasteiger partial charge in [0, 0.05) is 14.0 Å². The number of carbonyl (C=O) groups is 2. The van der Waals surface area contributed by atoms with Crippen molar-refractivity contribution in [2.45, 2.75) is 32.1 Å². The summed E-state index contributed by atoms with van der Waals surface area (Å²) < 4.78 is 6.30. The first-order valence-electron chi connectivity index (χ1n) is 6.91. The Kier molecular flexibility index (Phi) is 6.04. The summed E-state index contributed by atoms with van der Waals surface area (Å²) in [6, 6.07) is 3.47. The van der Waals surface area contributed by atoms with E-state index in [9.17, 15) is 9.59 Å². The van der Waals surface area contributed by atoms with E-state index in [0.29, 0.717) is 15.7 Å². The number of hydrogen-bond donors (Lipinski definition) is 1. The minimum absolute atomic E-state index is 0.0470. The molecule has 0 radical (unpaired) electrons. The second-order valence-corrected chi connectivity index (χ2v) is 7.14. The van der Waals surface area contributed by atoms with Crippen molar-refractivity contribution < 1.29 is 14.3 Å². The Morgan fingerprint density at radius 1 is 1.29 bits per heavy atom. The van der Waals surface area contributed by atoms with Crippen molar-refractivity contribution in [2.75, 3.05) is 12.4 Å². The van der Waals surface area contributed by atoms with Crippen LogP contribution in [0, 0.1) is 9.49 Å². The molecule has 114 valence electrons. The molecule has 0 aromatic heterocycles. The monoisotopic (exact) mass is 465 g/mol. The number of methoxy groups -OCH3 is 1. The summed E-state index contributed by atoms with van der Waals surface area (Å²) in [6.07, 6.45) is 5.34. The van der Waals surface area contributed by atoms with Crippen molar-refractivity contribution in [1.82, 2.24) is 0 Å². The minimum Gasteiger partial charge on any atom is -0.465 e. The SMILES string of the molecule is COC(=O)c1cc(NC(=O)C2CCCCC2)c(I)cc1Br. The molecule has 0 unspecified atom stereocenters. The standard InChI is InChI=1S/C15H17BrINO3/c1-21-15(20)10-7-13(12(17)8-11(10)16)18-14(19)9-5-3-2-4-6-9/h7-9H,2-6H2,1H3,(H,18,19). The van der Waals surface area contributed by atoms with Crippen molar-refractivity contribution in [3.8, 4) is 0 Å². The molecular formula is C15H17BrINO3. The predicted octanol–water partition coefficient (Wildman–Crippen LogP) is 4.36. The first-order valence-corrected chi connectivity index (χ1v) is 8.78. The van der Waals surface area contributed by atoms with E-state index in [2.05, 4.69) is 43.8 Å². The Hall–Kier alpha value is -0.630. The number of esters is 1. The van der Waals surface area contributed by atoms with Crippen molar-refractivity contribution in [2.24, 2.45) is 5.92 Å². The lowest BCUT2D eigenvalue weighted by Crippen LogP contribution is -2.25. The molecule has 1 N–H and O–H groups in total. The summed E-state index contributed by atoms with van der Waals surface area (Å²) in [7, 11) is 1.34. The van der Waals surface area contributed by atoms with Gasteiger partial charge in [-0.25, -0.2) is 4.79 Å². The summed E-state index contributed by atoms with van der Waals surface area (Å²) >= 11 is 5.49. The molecule has 1 saturated carbocycles. The lowest BCUT2D eigenvalue weighted by atomic mass is 9.88. The highest BCUT2D eigenvalue weighted by Crippen LogP contribution is 2.30. The van der Waals surface area contributed by atoms with Crippen LogP contribution in [0.4, 0.5) is 5.69 Å². The maximum absolute atomic E-state index is 12.3. The molecule has 6 heteroatoms. The maximum Gasteiger partial charge on any atom is 0.339 e. The third-order valence-corrected chi connectivity index (χ3v) is 5.24. The van der Waals surface area contributed by atoms with Gasteiger partial charge >= 0.3 is 5.97 Å². The number of halogens is 2. The van der Waals surface area contributed by atoms with Gasteiger partial charge in [0.05, 0.1) is 18.4 Å². The molecule has 21 heavy (non-hydrogen) atoms. The smallest absolute Gasteiger partial charge is 0.339 e. The van der Waals surface area contributed by atoms with Gasteiger partial charge in [-0.15, -0.1) is 0 Å². The van der Waals surface area contributed by atoms with Crippen molar-refractivity contribution in [1.29, 1.82) is 0 Å². The van der Waals surface area contributed by atoms with Crippen LogP contribution in [0.3, 0.4) is 0 Å². The molecule has 1 aromatic carbocycles. The van der Waals surface area contributed by atoms with Crippen molar-refractivity contribution >= 4 is 56.1 Å². The third-order valence-electron chi connectivity index (χ3n) is 3.70. The van der Waals surface area contributed by atoms with Crippen LogP contribution >= 0.6 is 38.5 Å². The van der Waals surface area contributed by atoms with Crippen LogP contribution in [-0.2, 0) is 9.53 Å². The van der Waals surface area contributed by atoms with Gasteiger partial charge in [0.15, 0.2) is 0 Å². The molecule has 0 heterocycles. The molecule has 0 aliphatic heterocycles. The fourth-order valence-corrected chi connectivity index (χ4v) is 4.05. The van der Waals surface area contributed by atoms with Gasteiger partial charge in [0.1, 0.15) is 0 Å². The van der Waals surface area contributed by atoms with Crippen LogP contribution in [0.25, 0.3) is 0 Å². The fourth-order valence-electron chi connectivity index (χ4n) is 2.51. The van der Waals surface area contributed by atoms with Gasteiger partial charge in [-0.05, 0) is 63.5 Å². The first-order chi connectivity index (χ1) is 10.0. The molecule has 0 saturated heterocycles. The maximum atomic E-state index is 12.3. The van der Waals surface area contributed by atoms with Gasteiger partial charge in [-0.1, -0.05) is 19.3 Å². The zero-order valence-corrected chi connectivity index (χ0v) is 15.5. The van der Waals surface area contributed by atoms with Crippen molar-refractivity contribution in [3.05, 3.63) is 25.7 Å². The number of rotatable bonds is 3. The van der Waals surface area contributed by atoms with E-state index in [1.165, 1.54) is 13.5 Å². The Labute approximate surface area is 146 Å². The van der Waals surface area contributed by atoms with E-state index in [1.54, 1.807) is 6.07 Å². The van der Waals surface area contributed by atoms with E-state index in [0.717, 1.165) is 29.3 Å². The average molecular weight is 466 g/mol. The molecule has 1 aliphatic carbocycles. The lowest BCUT2D eigenvalue weighted by Gasteiger charge is -2.21. The second-order valence-electron chi connectivity index (χ2n) is 5.13. The first kappa shape index (κ1) is 16.7. The predicted molar refractivity (Wildman–Crippen MR) is 93.4 cm³/mol. The zero-order valence-electron chi connectivity index (χ0n) is 11.7. The molecule has 0 spiro atoms. The summed E-state index contributed by atoms with van der Waals surface area (Å²) in [5.41, 5.74) is 1.08. The van der Waals surface area contributed by atoms with Gasteiger partial charge in [0.2, 0.25) is 5.91 Å². The van der Waals surface area contributed by atoms with E-state index in [-0.39, 0.29) is 11.8 Å². The number of hydrogen-bond acceptors (Lipinski definition) is 3. The summed E-state index contributed by atoms with van der Waals surface area (Å²) in [4.78, 5) is 24.0. The number of anilines is 1. The number of amides is 1. The van der Waals surface area contributed by atoms with E-state index < -0.39 is 5.97 Å². The highest BCUT2D eigenvalue weighted by molar-refractivity contribution is 14.1. The molecule has 1 aromatic rings. The third kappa shape index (κ3) is 4.18. The summed E-state index contributed by atoms with van der Waals surface area (Å²) in [5, 5.41) is 2.95. The number of ether oxygens (including phenoxy) is 1. The molecule has 1 amide bonds. The molecule has 0 bridgehead atoms. The fraction of sp³-hybridized carbons (Fsp3) is 0.467. The zero-order chi connectivity index (χ0) is 15.4. The van der Waals surface area contributed by atoms with Crippen LogP contribution in [0.5, 0.6) is 0 Å². The van der Waals surface area contributed by atoms with E-state index in [4.69, 9.17) is 4.74 Å². The molecule has 1 fully saturated rings. The van der Waals surface area contributed by atoms with Crippen LogP contribution < -0.4 is 5.32 Å². The van der Waals surface area contributed by atoms with Crippen LogP contribution in [0.2, 0.25) is 0 Å². The average Bonchev–Trinajstić information content (AvgIpc) is 2.50. The molecule has 2 rings (SSSR count). The van der Waals surface area contributed by atoms with E-state index >= 15 is 0 Å². The highest BCUT2D eigenvalue weighted by Gasteiger charge is 2.22.